The molecular weight excluding hydrogens is 269 g/mol. The number of nitrogens with zero attached hydrogens (tertiary/aromatic N) is 5. The zero-order chi connectivity index (χ0) is 14.7. The standard InChI is InChI=1S/C11H10FN5O3/c12-9-4-8(17(19)20)1-2-10(9)16-6-7(3-11(16)18)5-14-15-13/h1-2,4,7H,3,5-6H2. The summed E-state index contributed by atoms with van der Waals surface area (Å²) < 4.78 is 13.8. The number of halogens is 1. The fourth-order valence-corrected chi connectivity index (χ4v) is 2.12. The smallest absolute Gasteiger partial charge is 0.272 e. The van der Waals surface area contributed by atoms with Crippen LogP contribution in [0.2, 0.25) is 0 Å². The van der Waals surface area contributed by atoms with Crippen molar-refractivity contribution >= 4 is 17.3 Å². The minimum Gasteiger partial charge on any atom is -0.309 e. The van der Waals surface area contributed by atoms with Crippen LogP contribution in [0.4, 0.5) is 15.8 Å². The second kappa shape index (κ2) is 5.54. The first-order valence-electron chi connectivity index (χ1n) is 5.78. The number of nitro benzene ring substituents is 1. The van der Waals surface area contributed by atoms with E-state index < -0.39 is 10.7 Å². The first-order valence-corrected chi connectivity index (χ1v) is 5.78. The molecule has 104 valence electrons. The van der Waals surface area contributed by atoms with Gasteiger partial charge in [0, 0.05) is 30.5 Å². The molecule has 0 radical (unpaired) electrons. The first-order chi connectivity index (χ1) is 9.52. The molecule has 0 saturated carbocycles. The van der Waals surface area contributed by atoms with Gasteiger partial charge in [0.25, 0.3) is 5.69 Å². The van der Waals surface area contributed by atoms with Crippen LogP contribution in [0, 0.1) is 21.8 Å². The van der Waals surface area contributed by atoms with Gasteiger partial charge in [0.2, 0.25) is 5.91 Å². The average Bonchev–Trinajstić information content (AvgIpc) is 2.77. The number of carbonyl (C=O) groups excluding carboxylic acids is 1. The zero-order valence-electron chi connectivity index (χ0n) is 10.3. The van der Waals surface area contributed by atoms with E-state index >= 15 is 0 Å². The number of rotatable bonds is 4. The number of benzene rings is 1. The third kappa shape index (κ3) is 2.67. The Morgan fingerprint density at radius 3 is 2.95 bits per heavy atom. The molecule has 1 fully saturated rings. The van der Waals surface area contributed by atoms with E-state index in [1.807, 2.05) is 0 Å². The van der Waals surface area contributed by atoms with Crippen molar-refractivity contribution in [3.05, 3.63) is 44.6 Å². The molecule has 1 aliphatic heterocycles. The van der Waals surface area contributed by atoms with E-state index in [1.165, 1.54) is 11.0 Å². The van der Waals surface area contributed by atoms with Gasteiger partial charge < -0.3 is 4.90 Å². The molecule has 1 aromatic rings. The molecule has 1 aromatic carbocycles. The zero-order valence-corrected chi connectivity index (χ0v) is 10.3. The predicted molar refractivity (Wildman–Crippen MR) is 67.5 cm³/mol. The summed E-state index contributed by atoms with van der Waals surface area (Å²) in [6, 6.07) is 3.14. The number of amides is 1. The number of azide groups is 1. The van der Waals surface area contributed by atoms with Crippen molar-refractivity contribution in [3.63, 3.8) is 0 Å². The summed E-state index contributed by atoms with van der Waals surface area (Å²) in [5.74, 6) is -1.29. The van der Waals surface area contributed by atoms with E-state index in [4.69, 9.17) is 5.53 Å². The van der Waals surface area contributed by atoms with E-state index in [0.29, 0.717) is 0 Å². The van der Waals surface area contributed by atoms with Crippen molar-refractivity contribution in [1.29, 1.82) is 0 Å². The van der Waals surface area contributed by atoms with Gasteiger partial charge in [0.05, 0.1) is 16.7 Å². The van der Waals surface area contributed by atoms with Crippen molar-refractivity contribution < 1.29 is 14.1 Å². The highest BCUT2D eigenvalue weighted by Crippen LogP contribution is 2.29. The largest absolute Gasteiger partial charge is 0.309 e. The lowest BCUT2D eigenvalue weighted by atomic mass is 10.1. The molecule has 0 aliphatic carbocycles. The molecule has 9 heteroatoms. The Balaban J connectivity index is 2.21. The predicted octanol–water partition coefficient (Wildman–Crippen LogP) is 2.40. The number of anilines is 1. The third-order valence-corrected chi connectivity index (χ3v) is 3.04. The van der Waals surface area contributed by atoms with E-state index in [0.717, 1.165) is 12.1 Å². The van der Waals surface area contributed by atoms with Crippen LogP contribution in [-0.4, -0.2) is 23.9 Å². The quantitative estimate of drug-likeness (QED) is 0.277. The van der Waals surface area contributed by atoms with Crippen LogP contribution in [0.15, 0.2) is 23.3 Å². The number of non-ortho nitro benzene ring substituents is 1. The van der Waals surface area contributed by atoms with Crippen molar-refractivity contribution in [3.8, 4) is 0 Å². The van der Waals surface area contributed by atoms with Gasteiger partial charge in [0.1, 0.15) is 0 Å². The minimum absolute atomic E-state index is 0.00374. The second-order valence-electron chi connectivity index (χ2n) is 4.38. The van der Waals surface area contributed by atoms with Crippen LogP contribution >= 0.6 is 0 Å². The number of hydrogen-bond donors (Lipinski definition) is 0. The van der Waals surface area contributed by atoms with Crippen LogP contribution in [-0.2, 0) is 4.79 Å². The normalized spacial score (nSPS) is 17.9. The molecule has 1 aliphatic rings. The Morgan fingerprint density at radius 2 is 2.35 bits per heavy atom. The molecule has 1 unspecified atom stereocenters. The van der Waals surface area contributed by atoms with E-state index in [9.17, 15) is 19.3 Å². The van der Waals surface area contributed by atoms with Gasteiger partial charge in [-0.3, -0.25) is 14.9 Å². The maximum Gasteiger partial charge on any atom is 0.272 e. The maximum absolute atomic E-state index is 13.8. The molecule has 8 nitrogen and oxygen atoms in total. The monoisotopic (exact) mass is 279 g/mol. The number of nitro groups is 1. The molecule has 1 amide bonds. The summed E-state index contributed by atoms with van der Waals surface area (Å²) in [5, 5.41) is 13.9. The van der Waals surface area contributed by atoms with Crippen LogP contribution in [0.25, 0.3) is 10.4 Å². The topological polar surface area (TPSA) is 112 Å². The SMILES string of the molecule is [N-]=[N+]=NCC1CC(=O)N(c2ccc([N+](=O)[O-])cc2F)C1. The Labute approximate surface area is 112 Å². The summed E-state index contributed by atoms with van der Waals surface area (Å²) in [4.78, 5) is 25.5. The van der Waals surface area contributed by atoms with Gasteiger partial charge in [-0.15, -0.1) is 0 Å². The molecule has 0 aromatic heterocycles. The lowest BCUT2D eigenvalue weighted by molar-refractivity contribution is -0.385. The van der Waals surface area contributed by atoms with E-state index in [2.05, 4.69) is 10.0 Å². The number of carbonyl (C=O) groups is 1. The highest BCUT2D eigenvalue weighted by atomic mass is 19.1. The number of hydrogen-bond acceptors (Lipinski definition) is 4. The van der Waals surface area contributed by atoms with Gasteiger partial charge in [0.15, 0.2) is 5.82 Å². The fraction of sp³-hybridized carbons (Fsp3) is 0.364. The average molecular weight is 279 g/mol. The highest BCUT2D eigenvalue weighted by molar-refractivity contribution is 5.96. The van der Waals surface area contributed by atoms with Crippen LogP contribution in [0.1, 0.15) is 6.42 Å². The molecule has 0 bridgehead atoms. The Kier molecular flexibility index (Phi) is 3.81. The molecule has 0 N–H and O–H groups in total. The Bertz CT molecular complexity index is 614. The molecule has 2 rings (SSSR count). The van der Waals surface area contributed by atoms with Gasteiger partial charge in [-0.25, -0.2) is 4.39 Å². The summed E-state index contributed by atoms with van der Waals surface area (Å²) in [6.07, 6.45) is 0.162. The van der Waals surface area contributed by atoms with Gasteiger partial charge in [-0.2, -0.15) is 0 Å². The molecule has 0 spiro atoms. The van der Waals surface area contributed by atoms with Crippen molar-refractivity contribution in [2.24, 2.45) is 11.0 Å². The lowest BCUT2D eigenvalue weighted by Crippen LogP contribution is -2.25. The fourth-order valence-electron chi connectivity index (χ4n) is 2.12. The minimum atomic E-state index is -0.822. The summed E-state index contributed by atoms with van der Waals surface area (Å²) >= 11 is 0. The summed E-state index contributed by atoms with van der Waals surface area (Å²) in [6.45, 7) is 0.389. The van der Waals surface area contributed by atoms with Crippen LogP contribution < -0.4 is 4.90 Å². The molecule has 1 saturated heterocycles. The van der Waals surface area contributed by atoms with Crippen LogP contribution in [0.5, 0.6) is 0 Å². The lowest BCUT2D eigenvalue weighted by Gasteiger charge is -2.16. The molecule has 1 heterocycles. The molecule has 1 atom stereocenters. The third-order valence-electron chi connectivity index (χ3n) is 3.04. The summed E-state index contributed by atoms with van der Waals surface area (Å²) in [7, 11) is 0. The van der Waals surface area contributed by atoms with E-state index in [-0.39, 0.29) is 42.7 Å². The van der Waals surface area contributed by atoms with Gasteiger partial charge in [-0.05, 0) is 17.5 Å². The second-order valence-corrected chi connectivity index (χ2v) is 4.38. The van der Waals surface area contributed by atoms with Gasteiger partial charge >= 0.3 is 0 Å². The maximum atomic E-state index is 13.8. The van der Waals surface area contributed by atoms with E-state index in [1.54, 1.807) is 0 Å². The highest BCUT2D eigenvalue weighted by Gasteiger charge is 2.32. The molecule has 20 heavy (non-hydrogen) atoms. The first kappa shape index (κ1) is 13.8. The van der Waals surface area contributed by atoms with Crippen molar-refractivity contribution in [1.82, 2.24) is 0 Å². The Hall–Kier alpha value is -2.67. The van der Waals surface area contributed by atoms with Crippen molar-refractivity contribution in [2.75, 3.05) is 18.0 Å². The molecular formula is C11H10FN5O3. The summed E-state index contributed by atoms with van der Waals surface area (Å²) in [5.41, 5.74) is 7.87. The Morgan fingerprint density at radius 1 is 1.60 bits per heavy atom. The van der Waals surface area contributed by atoms with Gasteiger partial charge in [-0.1, -0.05) is 5.11 Å². The van der Waals surface area contributed by atoms with Crippen LogP contribution in [0.3, 0.4) is 0 Å². The van der Waals surface area contributed by atoms with Crippen molar-refractivity contribution in [2.45, 2.75) is 6.42 Å².